The minimum absolute atomic E-state index is 0.0637. The van der Waals surface area contributed by atoms with E-state index in [9.17, 15) is 29.7 Å². The summed E-state index contributed by atoms with van der Waals surface area (Å²) in [5.41, 5.74) is -2.03. The normalized spacial score (nSPS) is 54.9. The molecular formula is C47H68O15. The number of ketones is 1. The lowest BCUT2D eigenvalue weighted by molar-refractivity contribution is -0.354. The maximum atomic E-state index is 14.1. The van der Waals surface area contributed by atoms with E-state index in [0.717, 1.165) is 24.7 Å². The molecule has 9 rings (SSSR count). The van der Waals surface area contributed by atoms with Crippen molar-refractivity contribution in [2.24, 2.45) is 17.8 Å². The van der Waals surface area contributed by atoms with Crippen LogP contribution in [0.15, 0.2) is 23.8 Å². The Labute approximate surface area is 364 Å². The minimum atomic E-state index is -1.97. The smallest absolute Gasteiger partial charge is 0.311 e. The first-order valence-electron chi connectivity index (χ1n) is 23.3. The number of carbonyl (C=O) groups is 3. The first-order valence-corrected chi connectivity index (χ1v) is 23.3. The van der Waals surface area contributed by atoms with E-state index in [0.29, 0.717) is 57.8 Å². The van der Waals surface area contributed by atoms with Gasteiger partial charge in [0, 0.05) is 38.5 Å². The van der Waals surface area contributed by atoms with Gasteiger partial charge in [-0.25, -0.2) is 0 Å². The van der Waals surface area contributed by atoms with Gasteiger partial charge in [-0.15, -0.1) is 0 Å². The monoisotopic (exact) mass is 872 g/mol. The molecule has 10 bridgehead atoms. The zero-order valence-corrected chi connectivity index (χ0v) is 37.2. The molecule has 3 N–H and O–H groups in total. The quantitative estimate of drug-likeness (QED) is 0.260. The first kappa shape index (κ1) is 45.0. The number of aliphatic hydroxyl groups excluding tert-OH is 2. The van der Waals surface area contributed by atoms with Crippen molar-refractivity contribution >= 4 is 18.0 Å². The number of allylic oxidation sites excluding steroid dienone is 3. The minimum Gasteiger partial charge on any atom is -0.459 e. The van der Waals surface area contributed by atoms with Crippen LogP contribution in [0.5, 0.6) is 0 Å². The van der Waals surface area contributed by atoms with Crippen LogP contribution in [0.3, 0.4) is 0 Å². The average Bonchev–Trinajstić information content (AvgIpc) is 4.06. The molecule has 8 fully saturated rings. The topological polar surface area (TPSA) is 195 Å². The van der Waals surface area contributed by atoms with Crippen LogP contribution in [0.25, 0.3) is 0 Å². The van der Waals surface area contributed by atoms with E-state index in [1.165, 1.54) is 0 Å². The zero-order valence-electron chi connectivity index (χ0n) is 37.2. The molecule has 0 radical (unpaired) electrons. The lowest BCUT2D eigenvalue weighted by Gasteiger charge is -2.46. The lowest BCUT2D eigenvalue weighted by Crippen LogP contribution is -2.59. The average molecular weight is 873 g/mol. The van der Waals surface area contributed by atoms with Crippen LogP contribution in [-0.4, -0.2) is 135 Å². The Balaban J connectivity index is 1.01. The molecule has 9 aliphatic rings. The van der Waals surface area contributed by atoms with Crippen LogP contribution in [0.4, 0.5) is 0 Å². The summed E-state index contributed by atoms with van der Waals surface area (Å²) in [5.74, 6) is -5.79. The third-order valence-electron chi connectivity index (χ3n) is 15.9. The van der Waals surface area contributed by atoms with Gasteiger partial charge in [-0.3, -0.25) is 9.59 Å². The number of fused-ring (bicyclic) bond motifs is 10. The number of ether oxygens (including phenoxy) is 9. The van der Waals surface area contributed by atoms with E-state index >= 15 is 0 Å². The third kappa shape index (κ3) is 8.00. The Bertz CT molecular complexity index is 1800. The van der Waals surface area contributed by atoms with Gasteiger partial charge in [-0.05, 0) is 90.9 Å². The molecule has 9 heterocycles. The summed E-state index contributed by atoms with van der Waals surface area (Å²) in [6, 6.07) is 0. The van der Waals surface area contributed by atoms with E-state index in [1.807, 2.05) is 26.0 Å². The number of esters is 1. The van der Waals surface area contributed by atoms with Crippen LogP contribution in [-0.2, 0) is 57.0 Å². The van der Waals surface area contributed by atoms with Crippen molar-refractivity contribution < 1.29 is 72.3 Å². The van der Waals surface area contributed by atoms with Crippen LogP contribution >= 0.6 is 0 Å². The standard InChI is InChI=1S/C47H68O15/c1-26-9-10-32-34(21-37(55-32)47(53)39(50)28(3)13-19-54-47)56-41(52)29(4)31-8-7-14-45(57-31)16-11-33(58-45)40(51)43(6)23-30(49)38(61-43)35-24-44(25-48)17-18-46(59-35,62-44)36-12-15-42(5,60-36)22-27(2)20-26/h9-10,20,25,27-29,31-40,50-51,53H,7-8,11-19,21-24H2,1-6H3/b10-9+,26-20-/t27-,28+,29+,31-,32+,33-,34+,35+,36+,37-,38-,39+,40-,42+,43+,44-,45-,46-,47+/m1/s1. The molecule has 9 aliphatic heterocycles. The lowest BCUT2D eigenvalue weighted by atomic mass is 9.87. The summed E-state index contributed by atoms with van der Waals surface area (Å²) in [5, 5.41) is 34.8. The Kier molecular flexibility index (Phi) is 11.9. The molecule has 0 aromatic heterocycles. The molecule has 62 heavy (non-hydrogen) atoms. The van der Waals surface area contributed by atoms with Gasteiger partial charge in [-0.2, -0.15) is 0 Å². The van der Waals surface area contributed by atoms with Crippen molar-refractivity contribution in [2.45, 2.75) is 227 Å². The second kappa shape index (κ2) is 16.3. The summed E-state index contributed by atoms with van der Waals surface area (Å²) in [6.07, 6.45) is 4.86. The van der Waals surface area contributed by atoms with Gasteiger partial charge < -0.3 is 62.7 Å². The molecule has 8 saturated heterocycles. The third-order valence-corrected chi connectivity index (χ3v) is 15.9. The van der Waals surface area contributed by atoms with Crippen LogP contribution in [0.2, 0.25) is 0 Å². The highest BCUT2D eigenvalue weighted by atomic mass is 16.8. The maximum Gasteiger partial charge on any atom is 0.311 e. The Morgan fingerprint density at radius 3 is 2.39 bits per heavy atom. The van der Waals surface area contributed by atoms with E-state index < -0.39 is 107 Å². The molecule has 15 heteroatoms. The molecular weight excluding hydrogens is 805 g/mol. The van der Waals surface area contributed by atoms with Gasteiger partial charge in [0.1, 0.15) is 53.9 Å². The SMILES string of the molecule is CC1=C/[C@@H](C)C[C@]2(C)CC[C@H](O2)[C@]23CC[C@](C=O)(C[C@H](O2)[C@@H]2O[C@@](C)(CC2=O)[C@H](O)[C@H]2CC[C@@]4(CCC[C@@H](O4)[C@H](C)C(=O)O[C@H]4C[C@H]([C@]5(O)OCC[C@H](C)[C@@H]5O)O[C@H]4\C=C\1)O2)O3. The number of Topliss-reactive ketones (excluding diaryl/α,β-unsaturated/α-hetero) is 1. The van der Waals surface area contributed by atoms with Gasteiger partial charge in [0.05, 0.1) is 36.4 Å². The molecule has 0 aromatic rings. The first-order chi connectivity index (χ1) is 29.3. The fourth-order valence-electron chi connectivity index (χ4n) is 12.4. The Hall–Kier alpha value is -2.15. The van der Waals surface area contributed by atoms with Crippen molar-refractivity contribution in [3.8, 4) is 0 Å². The van der Waals surface area contributed by atoms with E-state index in [2.05, 4.69) is 19.9 Å². The predicted octanol–water partition coefficient (Wildman–Crippen LogP) is 4.43. The second-order valence-electron chi connectivity index (χ2n) is 21.0. The summed E-state index contributed by atoms with van der Waals surface area (Å²) in [7, 11) is 0. The van der Waals surface area contributed by atoms with Gasteiger partial charge in [0.25, 0.3) is 0 Å². The zero-order chi connectivity index (χ0) is 44.0. The fourth-order valence-corrected chi connectivity index (χ4v) is 12.4. The van der Waals surface area contributed by atoms with Gasteiger partial charge in [-0.1, -0.05) is 37.6 Å². The highest BCUT2D eigenvalue weighted by Crippen LogP contribution is 2.55. The molecule has 0 saturated carbocycles. The summed E-state index contributed by atoms with van der Waals surface area (Å²) < 4.78 is 58.5. The summed E-state index contributed by atoms with van der Waals surface area (Å²) in [4.78, 5) is 40.7. The fraction of sp³-hybridized carbons (Fsp3) is 0.851. The van der Waals surface area contributed by atoms with Gasteiger partial charge in [0.2, 0.25) is 5.79 Å². The number of aldehydes is 1. The highest BCUT2D eigenvalue weighted by molar-refractivity contribution is 5.87. The molecule has 15 nitrogen and oxygen atoms in total. The number of hydrogen-bond donors (Lipinski definition) is 3. The highest BCUT2D eigenvalue weighted by Gasteiger charge is 2.66. The summed E-state index contributed by atoms with van der Waals surface area (Å²) in [6.45, 7) is 11.8. The van der Waals surface area contributed by atoms with Gasteiger partial charge >= 0.3 is 5.97 Å². The van der Waals surface area contributed by atoms with Crippen molar-refractivity contribution in [1.29, 1.82) is 0 Å². The molecule has 0 unspecified atom stereocenters. The van der Waals surface area contributed by atoms with Gasteiger partial charge in [0.15, 0.2) is 23.6 Å². The molecule has 0 aromatic carbocycles. The molecule has 2 spiro atoms. The van der Waals surface area contributed by atoms with E-state index in [-0.39, 0.29) is 43.5 Å². The number of rotatable bonds is 2. The van der Waals surface area contributed by atoms with E-state index in [4.69, 9.17) is 42.6 Å². The van der Waals surface area contributed by atoms with Crippen molar-refractivity contribution in [3.63, 3.8) is 0 Å². The molecule has 0 aliphatic carbocycles. The van der Waals surface area contributed by atoms with Crippen LogP contribution in [0, 0.1) is 17.8 Å². The molecule has 0 amide bonds. The number of carbonyl (C=O) groups excluding carboxylic acids is 3. The van der Waals surface area contributed by atoms with Crippen LogP contribution < -0.4 is 0 Å². The Morgan fingerprint density at radius 1 is 0.806 bits per heavy atom. The van der Waals surface area contributed by atoms with Crippen LogP contribution in [0.1, 0.15) is 131 Å². The largest absolute Gasteiger partial charge is 0.459 e. The van der Waals surface area contributed by atoms with E-state index in [1.54, 1.807) is 13.8 Å². The Morgan fingerprint density at radius 2 is 1.60 bits per heavy atom. The summed E-state index contributed by atoms with van der Waals surface area (Å²) >= 11 is 0. The molecule has 19 atom stereocenters. The second-order valence-corrected chi connectivity index (χ2v) is 21.0. The molecule has 346 valence electrons. The maximum absolute atomic E-state index is 14.1. The predicted molar refractivity (Wildman–Crippen MR) is 218 cm³/mol. The number of hydrogen-bond acceptors (Lipinski definition) is 15. The number of aliphatic hydroxyl groups is 3. The van der Waals surface area contributed by atoms with Crippen molar-refractivity contribution in [1.82, 2.24) is 0 Å². The van der Waals surface area contributed by atoms with Crippen molar-refractivity contribution in [3.05, 3.63) is 23.8 Å². The van der Waals surface area contributed by atoms with Crippen molar-refractivity contribution in [2.75, 3.05) is 6.61 Å².